The molecular weight excluding hydrogens is 250 g/mol. The van der Waals surface area contributed by atoms with E-state index in [4.69, 9.17) is 10.5 Å². The van der Waals surface area contributed by atoms with Gasteiger partial charge in [-0.25, -0.2) is 4.98 Å². The summed E-state index contributed by atoms with van der Waals surface area (Å²) < 4.78 is 5.81. The van der Waals surface area contributed by atoms with Crippen molar-refractivity contribution in [3.63, 3.8) is 0 Å². The van der Waals surface area contributed by atoms with Gasteiger partial charge in [-0.2, -0.15) is 4.98 Å². The fraction of sp³-hybridized carbons (Fsp3) is 0.375. The minimum atomic E-state index is -0.168. The standard InChI is InChI=1S/C16H21N3O/c1-5-11-7-6-8-12(9-11)20-14-10-13(17)18-15(19-14)16(2,3)4/h6-10H,5H2,1-4H3,(H2,17,18,19). The molecule has 20 heavy (non-hydrogen) atoms. The van der Waals surface area contributed by atoms with E-state index in [1.807, 2.05) is 39.0 Å². The zero-order valence-corrected chi connectivity index (χ0v) is 12.5. The zero-order valence-electron chi connectivity index (χ0n) is 12.5. The van der Waals surface area contributed by atoms with Crippen LogP contribution in [0, 0.1) is 0 Å². The fourth-order valence-electron chi connectivity index (χ4n) is 1.78. The summed E-state index contributed by atoms with van der Waals surface area (Å²) in [6.07, 6.45) is 0.969. The molecule has 0 amide bonds. The van der Waals surface area contributed by atoms with Gasteiger partial charge >= 0.3 is 0 Å². The molecule has 0 aliphatic rings. The van der Waals surface area contributed by atoms with Crippen LogP contribution in [0.4, 0.5) is 5.82 Å². The quantitative estimate of drug-likeness (QED) is 0.924. The van der Waals surface area contributed by atoms with Crippen LogP contribution in [0.5, 0.6) is 11.6 Å². The average molecular weight is 271 g/mol. The first-order valence-corrected chi connectivity index (χ1v) is 6.80. The van der Waals surface area contributed by atoms with E-state index in [9.17, 15) is 0 Å². The molecule has 1 aromatic carbocycles. The normalized spacial score (nSPS) is 11.4. The Labute approximate surface area is 120 Å². The third-order valence-corrected chi connectivity index (χ3v) is 2.92. The summed E-state index contributed by atoms with van der Waals surface area (Å²) >= 11 is 0. The van der Waals surface area contributed by atoms with E-state index in [1.54, 1.807) is 6.07 Å². The van der Waals surface area contributed by atoms with Crippen molar-refractivity contribution in [1.82, 2.24) is 9.97 Å². The lowest BCUT2D eigenvalue weighted by Crippen LogP contribution is -2.17. The Morgan fingerprint density at radius 1 is 1.15 bits per heavy atom. The summed E-state index contributed by atoms with van der Waals surface area (Å²) in [6.45, 7) is 8.25. The number of nitrogens with two attached hydrogens (primary N) is 1. The molecule has 4 nitrogen and oxygen atoms in total. The number of hydrogen-bond acceptors (Lipinski definition) is 4. The Morgan fingerprint density at radius 3 is 2.55 bits per heavy atom. The van der Waals surface area contributed by atoms with Crippen LogP contribution in [-0.4, -0.2) is 9.97 Å². The molecule has 0 aliphatic carbocycles. The maximum absolute atomic E-state index is 5.83. The zero-order chi connectivity index (χ0) is 14.8. The van der Waals surface area contributed by atoms with Gasteiger partial charge in [-0.3, -0.25) is 0 Å². The molecule has 0 unspecified atom stereocenters. The van der Waals surface area contributed by atoms with E-state index < -0.39 is 0 Å². The number of anilines is 1. The van der Waals surface area contributed by atoms with Gasteiger partial charge in [0.25, 0.3) is 0 Å². The third-order valence-electron chi connectivity index (χ3n) is 2.92. The molecule has 1 aromatic heterocycles. The first-order valence-electron chi connectivity index (χ1n) is 6.80. The number of aryl methyl sites for hydroxylation is 1. The van der Waals surface area contributed by atoms with E-state index in [1.165, 1.54) is 5.56 Å². The van der Waals surface area contributed by atoms with Crippen LogP contribution in [0.2, 0.25) is 0 Å². The summed E-state index contributed by atoms with van der Waals surface area (Å²) in [5.74, 6) is 2.35. The van der Waals surface area contributed by atoms with Crippen LogP contribution in [0.1, 0.15) is 39.1 Å². The van der Waals surface area contributed by atoms with Crippen LogP contribution in [0.3, 0.4) is 0 Å². The maximum Gasteiger partial charge on any atom is 0.224 e. The highest BCUT2D eigenvalue weighted by molar-refractivity contribution is 5.37. The number of aromatic nitrogens is 2. The first-order chi connectivity index (χ1) is 9.38. The number of ether oxygens (including phenoxy) is 1. The van der Waals surface area contributed by atoms with Crippen LogP contribution >= 0.6 is 0 Å². The van der Waals surface area contributed by atoms with Crippen molar-refractivity contribution >= 4 is 5.82 Å². The predicted octanol–water partition coefficient (Wildman–Crippen LogP) is 3.71. The molecule has 0 radical (unpaired) electrons. The number of nitrogen functional groups attached to an aromatic ring is 1. The molecular formula is C16H21N3O. The van der Waals surface area contributed by atoms with Crippen LogP contribution in [-0.2, 0) is 11.8 Å². The molecule has 0 saturated heterocycles. The van der Waals surface area contributed by atoms with Crippen molar-refractivity contribution < 1.29 is 4.74 Å². The van der Waals surface area contributed by atoms with E-state index in [-0.39, 0.29) is 5.41 Å². The third kappa shape index (κ3) is 3.47. The molecule has 0 spiro atoms. The molecule has 0 aliphatic heterocycles. The minimum absolute atomic E-state index is 0.168. The molecule has 0 bridgehead atoms. The lowest BCUT2D eigenvalue weighted by Gasteiger charge is -2.17. The monoisotopic (exact) mass is 271 g/mol. The van der Waals surface area contributed by atoms with E-state index >= 15 is 0 Å². The van der Waals surface area contributed by atoms with Crippen molar-refractivity contribution in [2.24, 2.45) is 0 Å². The fourth-order valence-corrected chi connectivity index (χ4v) is 1.78. The second kappa shape index (κ2) is 5.49. The van der Waals surface area contributed by atoms with Crippen molar-refractivity contribution in [3.8, 4) is 11.6 Å². The Morgan fingerprint density at radius 2 is 1.90 bits per heavy atom. The van der Waals surface area contributed by atoms with Gasteiger partial charge in [0.2, 0.25) is 5.88 Å². The van der Waals surface area contributed by atoms with E-state index in [0.29, 0.717) is 17.5 Å². The van der Waals surface area contributed by atoms with Crippen molar-refractivity contribution in [2.45, 2.75) is 39.5 Å². The average Bonchev–Trinajstić information content (AvgIpc) is 2.37. The highest BCUT2D eigenvalue weighted by Crippen LogP contribution is 2.26. The Kier molecular flexibility index (Phi) is 3.93. The van der Waals surface area contributed by atoms with Gasteiger partial charge in [0, 0.05) is 11.5 Å². The van der Waals surface area contributed by atoms with Crippen LogP contribution < -0.4 is 10.5 Å². The molecule has 1 heterocycles. The Bertz CT molecular complexity index is 603. The molecule has 0 saturated carbocycles. The lowest BCUT2D eigenvalue weighted by molar-refractivity contribution is 0.446. The van der Waals surface area contributed by atoms with Gasteiger partial charge in [-0.05, 0) is 24.1 Å². The summed E-state index contributed by atoms with van der Waals surface area (Å²) in [4.78, 5) is 8.71. The SMILES string of the molecule is CCc1cccc(Oc2cc(N)nc(C(C)(C)C)n2)c1. The van der Waals surface area contributed by atoms with Gasteiger partial charge in [-0.15, -0.1) is 0 Å². The predicted molar refractivity (Wildman–Crippen MR) is 81.0 cm³/mol. The van der Waals surface area contributed by atoms with E-state index in [0.717, 1.165) is 12.2 Å². The number of benzene rings is 1. The highest BCUT2D eigenvalue weighted by atomic mass is 16.5. The molecule has 4 heteroatoms. The molecule has 2 N–H and O–H groups in total. The van der Waals surface area contributed by atoms with Gasteiger partial charge < -0.3 is 10.5 Å². The molecule has 2 rings (SSSR count). The number of hydrogen-bond donors (Lipinski definition) is 1. The topological polar surface area (TPSA) is 61.0 Å². The number of nitrogens with zero attached hydrogens (tertiary/aromatic N) is 2. The lowest BCUT2D eigenvalue weighted by atomic mass is 9.96. The minimum Gasteiger partial charge on any atom is -0.439 e. The van der Waals surface area contributed by atoms with Crippen molar-refractivity contribution in [1.29, 1.82) is 0 Å². The van der Waals surface area contributed by atoms with Crippen LogP contribution in [0.15, 0.2) is 30.3 Å². The summed E-state index contributed by atoms with van der Waals surface area (Å²) in [7, 11) is 0. The van der Waals surface area contributed by atoms with Gasteiger partial charge in [-0.1, -0.05) is 39.8 Å². The van der Waals surface area contributed by atoms with Gasteiger partial charge in [0.05, 0.1) is 0 Å². The molecule has 2 aromatic rings. The molecule has 0 atom stereocenters. The highest BCUT2D eigenvalue weighted by Gasteiger charge is 2.19. The second-order valence-corrected chi connectivity index (χ2v) is 5.81. The summed E-state index contributed by atoms with van der Waals surface area (Å²) in [5.41, 5.74) is 6.89. The van der Waals surface area contributed by atoms with Crippen molar-refractivity contribution in [2.75, 3.05) is 5.73 Å². The second-order valence-electron chi connectivity index (χ2n) is 5.81. The molecule has 106 valence electrons. The van der Waals surface area contributed by atoms with Gasteiger partial charge in [0.1, 0.15) is 17.4 Å². The Hall–Kier alpha value is -2.10. The van der Waals surface area contributed by atoms with Gasteiger partial charge in [0.15, 0.2) is 0 Å². The Balaban J connectivity index is 2.31. The van der Waals surface area contributed by atoms with Crippen molar-refractivity contribution in [3.05, 3.63) is 41.7 Å². The summed E-state index contributed by atoms with van der Waals surface area (Å²) in [6, 6.07) is 9.61. The largest absolute Gasteiger partial charge is 0.439 e. The van der Waals surface area contributed by atoms with E-state index in [2.05, 4.69) is 23.0 Å². The number of rotatable bonds is 3. The maximum atomic E-state index is 5.83. The first kappa shape index (κ1) is 14.3. The van der Waals surface area contributed by atoms with Crippen LogP contribution in [0.25, 0.3) is 0 Å². The molecule has 0 fully saturated rings. The smallest absolute Gasteiger partial charge is 0.224 e. The summed E-state index contributed by atoms with van der Waals surface area (Å²) in [5, 5.41) is 0.